The number of nitrogens with one attached hydrogen (secondary N) is 2. The Hall–Kier alpha value is -1.26. The van der Waals surface area contributed by atoms with E-state index in [1.165, 1.54) is 0 Å². The van der Waals surface area contributed by atoms with Crippen molar-refractivity contribution in [1.82, 2.24) is 10.6 Å². The van der Waals surface area contributed by atoms with Crippen molar-refractivity contribution in [3.8, 4) is 0 Å². The molecule has 0 atom stereocenters. The summed E-state index contributed by atoms with van der Waals surface area (Å²) in [7, 11) is 0. The van der Waals surface area contributed by atoms with E-state index in [0.717, 1.165) is 12.0 Å². The van der Waals surface area contributed by atoms with Crippen molar-refractivity contribution in [1.29, 1.82) is 0 Å². The predicted octanol–water partition coefficient (Wildman–Crippen LogP) is 2.57. The second kappa shape index (κ2) is 8.78. The van der Waals surface area contributed by atoms with Gasteiger partial charge >= 0.3 is 6.03 Å². The maximum atomic E-state index is 11.4. The van der Waals surface area contributed by atoms with Crippen LogP contribution in [0.5, 0.6) is 0 Å². The fourth-order valence-electron chi connectivity index (χ4n) is 1.37. The van der Waals surface area contributed by atoms with E-state index < -0.39 is 0 Å². The van der Waals surface area contributed by atoms with E-state index >= 15 is 0 Å². The Bertz CT molecular complexity index is 355. The van der Waals surface area contributed by atoms with Gasteiger partial charge in [0, 0.05) is 31.3 Å². The highest BCUT2D eigenvalue weighted by atomic mass is 35.5. The minimum Gasteiger partial charge on any atom is -0.382 e. The Morgan fingerprint density at radius 3 is 2.67 bits per heavy atom. The summed E-state index contributed by atoms with van der Waals surface area (Å²) in [5.74, 6) is 0. The third kappa shape index (κ3) is 6.47. The highest BCUT2D eigenvalue weighted by molar-refractivity contribution is 6.30. The summed E-state index contributed by atoms with van der Waals surface area (Å²) < 4.78 is 5.17. The van der Waals surface area contributed by atoms with Crippen molar-refractivity contribution in [2.24, 2.45) is 0 Å². The summed E-state index contributed by atoms with van der Waals surface area (Å²) in [5, 5.41) is 6.24. The van der Waals surface area contributed by atoms with Crippen LogP contribution >= 0.6 is 11.6 Å². The molecule has 18 heavy (non-hydrogen) atoms. The first-order valence-electron chi connectivity index (χ1n) is 6.06. The zero-order valence-corrected chi connectivity index (χ0v) is 11.3. The quantitative estimate of drug-likeness (QED) is 0.748. The Kier molecular flexibility index (Phi) is 7.22. The Labute approximate surface area is 113 Å². The van der Waals surface area contributed by atoms with Crippen LogP contribution < -0.4 is 10.6 Å². The number of urea groups is 1. The summed E-state index contributed by atoms with van der Waals surface area (Å²) >= 11 is 5.77. The highest BCUT2D eigenvalue weighted by Crippen LogP contribution is 2.08. The molecule has 2 amide bonds. The van der Waals surface area contributed by atoms with Crippen LogP contribution in [0.1, 0.15) is 18.9 Å². The van der Waals surface area contributed by atoms with E-state index in [4.69, 9.17) is 16.3 Å². The molecule has 0 unspecified atom stereocenters. The predicted molar refractivity (Wildman–Crippen MR) is 72.8 cm³/mol. The minimum absolute atomic E-state index is 0.165. The average Bonchev–Trinajstić information content (AvgIpc) is 2.38. The Morgan fingerprint density at radius 1 is 1.28 bits per heavy atom. The molecule has 0 aliphatic heterocycles. The topological polar surface area (TPSA) is 50.4 Å². The van der Waals surface area contributed by atoms with E-state index in [-0.39, 0.29) is 6.03 Å². The average molecular weight is 271 g/mol. The van der Waals surface area contributed by atoms with E-state index in [2.05, 4.69) is 10.6 Å². The van der Waals surface area contributed by atoms with Crippen molar-refractivity contribution in [3.05, 3.63) is 34.9 Å². The van der Waals surface area contributed by atoms with Crippen molar-refractivity contribution in [2.45, 2.75) is 19.9 Å². The van der Waals surface area contributed by atoms with E-state index in [0.29, 0.717) is 31.3 Å². The fraction of sp³-hybridized carbons (Fsp3) is 0.462. The lowest BCUT2D eigenvalue weighted by molar-refractivity contribution is 0.145. The molecule has 0 aromatic heterocycles. The molecule has 0 saturated heterocycles. The molecule has 5 heteroatoms. The highest BCUT2D eigenvalue weighted by Gasteiger charge is 1.99. The summed E-state index contributed by atoms with van der Waals surface area (Å²) in [5.41, 5.74) is 1.02. The van der Waals surface area contributed by atoms with E-state index in [9.17, 15) is 4.79 Å². The van der Waals surface area contributed by atoms with Crippen molar-refractivity contribution >= 4 is 17.6 Å². The van der Waals surface area contributed by atoms with Crippen LogP contribution in [-0.4, -0.2) is 25.8 Å². The number of amides is 2. The van der Waals surface area contributed by atoms with Gasteiger partial charge in [-0.2, -0.15) is 0 Å². The Balaban J connectivity index is 2.11. The van der Waals surface area contributed by atoms with Gasteiger partial charge in [-0.1, -0.05) is 23.7 Å². The lowest BCUT2D eigenvalue weighted by Gasteiger charge is -2.07. The van der Waals surface area contributed by atoms with Crippen LogP contribution in [0, 0.1) is 0 Å². The van der Waals surface area contributed by atoms with Crippen LogP contribution in [0.25, 0.3) is 0 Å². The molecule has 2 N–H and O–H groups in total. The van der Waals surface area contributed by atoms with Gasteiger partial charge < -0.3 is 15.4 Å². The van der Waals surface area contributed by atoms with Gasteiger partial charge in [0.1, 0.15) is 0 Å². The molecule has 0 saturated carbocycles. The van der Waals surface area contributed by atoms with Crippen LogP contribution in [-0.2, 0) is 11.3 Å². The van der Waals surface area contributed by atoms with Crippen LogP contribution in [0.3, 0.4) is 0 Å². The second-order valence-electron chi connectivity index (χ2n) is 3.79. The van der Waals surface area contributed by atoms with Gasteiger partial charge in [0.2, 0.25) is 0 Å². The number of hydrogen-bond donors (Lipinski definition) is 2. The second-order valence-corrected chi connectivity index (χ2v) is 4.22. The van der Waals surface area contributed by atoms with Crippen molar-refractivity contribution in [2.75, 3.05) is 19.8 Å². The monoisotopic (exact) mass is 270 g/mol. The molecular weight excluding hydrogens is 252 g/mol. The maximum absolute atomic E-state index is 11.4. The molecule has 0 aliphatic carbocycles. The summed E-state index contributed by atoms with van der Waals surface area (Å²) in [4.78, 5) is 11.4. The number of halogens is 1. The third-order valence-electron chi connectivity index (χ3n) is 2.32. The van der Waals surface area contributed by atoms with Crippen LogP contribution in [0.15, 0.2) is 24.3 Å². The van der Waals surface area contributed by atoms with Crippen LogP contribution in [0.4, 0.5) is 4.79 Å². The molecule has 4 nitrogen and oxygen atoms in total. The number of ether oxygens (including phenoxy) is 1. The molecule has 1 rings (SSSR count). The van der Waals surface area contributed by atoms with Gasteiger partial charge in [-0.05, 0) is 31.0 Å². The first kappa shape index (κ1) is 14.8. The fourth-order valence-corrected chi connectivity index (χ4v) is 1.49. The lowest BCUT2D eigenvalue weighted by Crippen LogP contribution is -2.35. The maximum Gasteiger partial charge on any atom is 0.315 e. The molecule has 100 valence electrons. The number of benzene rings is 1. The molecule has 0 spiro atoms. The molecular formula is C13H19ClN2O2. The zero-order chi connectivity index (χ0) is 13.2. The van der Waals surface area contributed by atoms with E-state index in [1.807, 2.05) is 19.1 Å². The molecule has 0 aliphatic rings. The SMILES string of the molecule is CCOCCCNC(=O)NCc1ccc(Cl)cc1. The molecule has 0 bridgehead atoms. The van der Waals surface area contributed by atoms with Gasteiger partial charge in [0.05, 0.1) is 0 Å². The first-order chi connectivity index (χ1) is 8.72. The largest absolute Gasteiger partial charge is 0.382 e. The molecule has 1 aromatic rings. The van der Waals surface area contributed by atoms with Gasteiger partial charge in [-0.25, -0.2) is 4.79 Å². The number of hydrogen-bond acceptors (Lipinski definition) is 2. The normalized spacial score (nSPS) is 10.1. The third-order valence-corrected chi connectivity index (χ3v) is 2.57. The first-order valence-corrected chi connectivity index (χ1v) is 6.44. The molecule has 1 aromatic carbocycles. The standard InChI is InChI=1S/C13H19ClN2O2/c1-2-18-9-3-8-15-13(17)16-10-11-4-6-12(14)7-5-11/h4-7H,2-3,8-10H2,1H3,(H2,15,16,17). The zero-order valence-electron chi connectivity index (χ0n) is 10.5. The summed E-state index contributed by atoms with van der Waals surface area (Å²) in [6.45, 7) is 4.45. The van der Waals surface area contributed by atoms with Gasteiger partial charge in [-0.15, -0.1) is 0 Å². The number of carbonyl (C=O) groups is 1. The lowest BCUT2D eigenvalue weighted by atomic mass is 10.2. The van der Waals surface area contributed by atoms with Crippen molar-refractivity contribution in [3.63, 3.8) is 0 Å². The Morgan fingerprint density at radius 2 is 2.00 bits per heavy atom. The number of carbonyl (C=O) groups excluding carboxylic acids is 1. The van der Waals surface area contributed by atoms with Gasteiger partial charge in [0.25, 0.3) is 0 Å². The molecule has 0 radical (unpaired) electrons. The summed E-state index contributed by atoms with van der Waals surface area (Å²) in [6.07, 6.45) is 0.822. The molecule has 0 heterocycles. The van der Waals surface area contributed by atoms with E-state index in [1.54, 1.807) is 12.1 Å². The number of rotatable bonds is 7. The molecule has 0 fully saturated rings. The smallest absolute Gasteiger partial charge is 0.315 e. The van der Waals surface area contributed by atoms with Crippen molar-refractivity contribution < 1.29 is 9.53 Å². The van der Waals surface area contributed by atoms with Gasteiger partial charge in [-0.3, -0.25) is 0 Å². The van der Waals surface area contributed by atoms with Gasteiger partial charge in [0.15, 0.2) is 0 Å². The summed E-state index contributed by atoms with van der Waals surface area (Å²) in [6, 6.07) is 7.22. The van der Waals surface area contributed by atoms with Crippen LogP contribution in [0.2, 0.25) is 5.02 Å². The minimum atomic E-state index is -0.165.